The first kappa shape index (κ1) is 13.4. The van der Waals surface area contributed by atoms with Gasteiger partial charge in [-0.2, -0.15) is 0 Å². The molecule has 1 aromatic carbocycles. The number of carboxylic acid groups (broad SMARTS) is 1. The third kappa shape index (κ3) is 3.45. The van der Waals surface area contributed by atoms with Crippen LogP contribution in [0.1, 0.15) is 11.1 Å². The van der Waals surface area contributed by atoms with Crippen LogP contribution in [0.2, 0.25) is 0 Å². The topological polar surface area (TPSA) is 98.7 Å². The zero-order valence-corrected chi connectivity index (χ0v) is 10.3. The predicted molar refractivity (Wildman–Crippen MR) is 67.8 cm³/mol. The van der Waals surface area contributed by atoms with Crippen molar-refractivity contribution in [1.29, 1.82) is 0 Å². The first-order valence-electron chi connectivity index (χ1n) is 6.08. The second kappa shape index (κ2) is 5.71. The number of carbonyl (C=O) groups excluding carboxylic acids is 1. The summed E-state index contributed by atoms with van der Waals surface area (Å²) in [6.45, 7) is -0.305. The van der Waals surface area contributed by atoms with Gasteiger partial charge in [0.25, 0.3) is 0 Å². The number of aliphatic hydroxyl groups is 1. The zero-order valence-electron chi connectivity index (χ0n) is 10.3. The van der Waals surface area contributed by atoms with Crippen molar-refractivity contribution >= 4 is 12.0 Å². The minimum Gasteiger partial charge on any atom is -0.479 e. The molecule has 0 unspecified atom stereocenters. The number of nitrogens with one attached hydrogen (secondary N) is 2. The van der Waals surface area contributed by atoms with Crippen LogP contribution in [0.25, 0.3) is 0 Å². The Morgan fingerprint density at radius 3 is 2.37 bits per heavy atom. The minimum atomic E-state index is -1.58. The van der Waals surface area contributed by atoms with E-state index in [-0.39, 0.29) is 12.6 Å². The SMILES string of the molecule is O=C(NC[C@H](O)C(=O)O)NC1Cc2ccccc2C1. The first-order chi connectivity index (χ1) is 9.06. The summed E-state index contributed by atoms with van der Waals surface area (Å²) in [6.07, 6.45) is -0.0394. The van der Waals surface area contributed by atoms with E-state index >= 15 is 0 Å². The van der Waals surface area contributed by atoms with Gasteiger partial charge >= 0.3 is 12.0 Å². The lowest BCUT2D eigenvalue weighted by Gasteiger charge is -2.14. The molecule has 4 N–H and O–H groups in total. The molecule has 1 aliphatic carbocycles. The number of amides is 2. The molecule has 1 atom stereocenters. The maximum atomic E-state index is 11.6. The summed E-state index contributed by atoms with van der Waals surface area (Å²) in [5, 5.41) is 22.6. The van der Waals surface area contributed by atoms with Crippen LogP contribution >= 0.6 is 0 Å². The van der Waals surface area contributed by atoms with Crippen LogP contribution in [0.3, 0.4) is 0 Å². The number of benzene rings is 1. The summed E-state index contributed by atoms with van der Waals surface area (Å²) in [6, 6.07) is 7.54. The average Bonchev–Trinajstić information content (AvgIpc) is 2.77. The number of aliphatic carboxylic acids is 1. The van der Waals surface area contributed by atoms with Crippen LogP contribution in [-0.4, -0.2) is 40.9 Å². The molecule has 0 fully saturated rings. The Morgan fingerprint density at radius 1 is 1.26 bits per heavy atom. The van der Waals surface area contributed by atoms with Crippen molar-refractivity contribution in [1.82, 2.24) is 10.6 Å². The Labute approximate surface area is 110 Å². The highest BCUT2D eigenvalue weighted by Gasteiger charge is 2.22. The second-order valence-corrected chi connectivity index (χ2v) is 4.58. The largest absolute Gasteiger partial charge is 0.479 e. The zero-order chi connectivity index (χ0) is 13.8. The lowest BCUT2D eigenvalue weighted by atomic mass is 10.1. The van der Waals surface area contributed by atoms with Gasteiger partial charge in [-0.25, -0.2) is 9.59 Å². The minimum absolute atomic E-state index is 0.0133. The highest BCUT2D eigenvalue weighted by Crippen LogP contribution is 2.21. The average molecular weight is 264 g/mol. The number of fused-ring (bicyclic) bond motifs is 1. The van der Waals surface area contributed by atoms with E-state index in [0.29, 0.717) is 0 Å². The molecule has 6 heteroatoms. The number of hydrogen-bond acceptors (Lipinski definition) is 3. The Hall–Kier alpha value is -2.08. The third-order valence-electron chi connectivity index (χ3n) is 3.13. The molecular weight excluding hydrogens is 248 g/mol. The third-order valence-corrected chi connectivity index (χ3v) is 3.13. The molecule has 0 aromatic heterocycles. The second-order valence-electron chi connectivity index (χ2n) is 4.58. The van der Waals surface area contributed by atoms with Crippen LogP contribution < -0.4 is 10.6 Å². The number of urea groups is 1. The predicted octanol–water partition coefficient (Wildman–Crippen LogP) is -0.101. The molecule has 0 saturated heterocycles. The van der Waals surface area contributed by atoms with Crippen LogP contribution in [0.5, 0.6) is 0 Å². The number of rotatable bonds is 4. The normalized spacial score (nSPS) is 15.6. The molecule has 1 aromatic rings. The number of carboxylic acids is 1. The van der Waals surface area contributed by atoms with Gasteiger partial charge in [0.1, 0.15) is 0 Å². The van der Waals surface area contributed by atoms with Gasteiger partial charge in [-0.3, -0.25) is 0 Å². The highest BCUT2D eigenvalue weighted by molar-refractivity contribution is 5.77. The summed E-state index contributed by atoms with van der Waals surface area (Å²) in [5.74, 6) is -1.35. The maximum absolute atomic E-state index is 11.6. The van der Waals surface area contributed by atoms with E-state index in [4.69, 9.17) is 10.2 Å². The Balaban J connectivity index is 1.78. The molecule has 102 valence electrons. The van der Waals surface area contributed by atoms with Crippen molar-refractivity contribution in [3.8, 4) is 0 Å². The number of carbonyl (C=O) groups is 2. The molecule has 0 spiro atoms. The van der Waals surface area contributed by atoms with E-state index in [0.717, 1.165) is 12.8 Å². The van der Waals surface area contributed by atoms with Crippen LogP contribution in [-0.2, 0) is 17.6 Å². The molecule has 0 bridgehead atoms. The van der Waals surface area contributed by atoms with Crippen molar-refractivity contribution in [3.05, 3.63) is 35.4 Å². The van der Waals surface area contributed by atoms with E-state index < -0.39 is 18.1 Å². The molecular formula is C13H16N2O4. The number of hydrogen-bond donors (Lipinski definition) is 4. The Kier molecular flexibility index (Phi) is 4.01. The van der Waals surface area contributed by atoms with Gasteiger partial charge in [0.2, 0.25) is 0 Å². The van der Waals surface area contributed by atoms with E-state index in [1.807, 2.05) is 24.3 Å². The van der Waals surface area contributed by atoms with Gasteiger partial charge in [0.15, 0.2) is 6.10 Å². The highest BCUT2D eigenvalue weighted by atomic mass is 16.4. The van der Waals surface area contributed by atoms with Gasteiger partial charge in [0, 0.05) is 6.04 Å². The lowest BCUT2D eigenvalue weighted by Crippen LogP contribution is -2.46. The molecule has 0 radical (unpaired) electrons. The van der Waals surface area contributed by atoms with Gasteiger partial charge in [-0.1, -0.05) is 24.3 Å². The molecule has 19 heavy (non-hydrogen) atoms. The summed E-state index contributed by atoms with van der Waals surface area (Å²) < 4.78 is 0. The molecule has 2 amide bonds. The van der Waals surface area contributed by atoms with Crippen LogP contribution in [0, 0.1) is 0 Å². The van der Waals surface area contributed by atoms with Crippen molar-refractivity contribution < 1.29 is 19.8 Å². The van der Waals surface area contributed by atoms with Gasteiger partial charge < -0.3 is 20.8 Å². The van der Waals surface area contributed by atoms with E-state index in [9.17, 15) is 9.59 Å². The fraction of sp³-hybridized carbons (Fsp3) is 0.385. The van der Waals surface area contributed by atoms with Gasteiger partial charge in [0.05, 0.1) is 6.54 Å². The molecule has 0 aliphatic heterocycles. The monoisotopic (exact) mass is 264 g/mol. The fourth-order valence-corrected chi connectivity index (χ4v) is 2.17. The summed E-state index contributed by atoms with van der Waals surface area (Å²) >= 11 is 0. The quantitative estimate of drug-likeness (QED) is 0.610. The maximum Gasteiger partial charge on any atom is 0.334 e. The Morgan fingerprint density at radius 2 is 1.84 bits per heavy atom. The van der Waals surface area contributed by atoms with Crippen molar-refractivity contribution in [2.45, 2.75) is 25.0 Å². The van der Waals surface area contributed by atoms with Crippen LogP contribution in [0.15, 0.2) is 24.3 Å². The molecule has 1 aliphatic rings. The molecule has 2 rings (SSSR count). The smallest absolute Gasteiger partial charge is 0.334 e. The molecule has 0 heterocycles. The standard InChI is InChI=1S/C13H16N2O4/c16-11(12(17)18)7-14-13(19)15-10-5-8-3-1-2-4-9(8)6-10/h1-4,10-11,16H,5-7H2,(H,17,18)(H2,14,15,19)/t11-/m0/s1. The van der Waals surface area contributed by atoms with E-state index in [1.165, 1.54) is 11.1 Å². The Bertz CT molecular complexity index is 464. The van der Waals surface area contributed by atoms with Crippen molar-refractivity contribution in [2.75, 3.05) is 6.54 Å². The molecule has 6 nitrogen and oxygen atoms in total. The van der Waals surface area contributed by atoms with Gasteiger partial charge in [-0.05, 0) is 24.0 Å². The summed E-state index contributed by atoms with van der Waals surface area (Å²) in [4.78, 5) is 21.9. The summed E-state index contributed by atoms with van der Waals surface area (Å²) in [7, 11) is 0. The van der Waals surface area contributed by atoms with Crippen LogP contribution in [0.4, 0.5) is 4.79 Å². The molecule has 0 saturated carbocycles. The number of aliphatic hydroxyl groups excluding tert-OH is 1. The van der Waals surface area contributed by atoms with Crippen molar-refractivity contribution in [2.24, 2.45) is 0 Å². The first-order valence-corrected chi connectivity index (χ1v) is 6.08. The fourth-order valence-electron chi connectivity index (χ4n) is 2.17. The lowest BCUT2D eigenvalue weighted by molar-refractivity contribution is -0.146. The summed E-state index contributed by atoms with van der Waals surface area (Å²) in [5.41, 5.74) is 2.44. The van der Waals surface area contributed by atoms with E-state index in [2.05, 4.69) is 10.6 Å². The van der Waals surface area contributed by atoms with Gasteiger partial charge in [-0.15, -0.1) is 0 Å². The van der Waals surface area contributed by atoms with E-state index in [1.54, 1.807) is 0 Å². The van der Waals surface area contributed by atoms with Crippen molar-refractivity contribution in [3.63, 3.8) is 0 Å².